The molecule has 0 aliphatic carbocycles. The van der Waals surface area contributed by atoms with Gasteiger partial charge in [0.1, 0.15) is 0 Å². The summed E-state index contributed by atoms with van der Waals surface area (Å²) in [5.74, 6) is 5.03. The van der Waals surface area contributed by atoms with Gasteiger partial charge in [-0.2, -0.15) is 0 Å². The standard InChI is InChI=1S/C10H7N3O2.C9H10N2O2S/c14-10(15)8-5-12-9(13-6-8)7-2-1-3-11-4-7;1-14(12,13)8-2-3-9-7(6-8)4-5-11(9)10/h1-6H,(H,14,15);2-6H,10H2,1H3. The number of carboxylic acid groups (broad SMARTS) is 1. The molecule has 3 N–H and O–H groups in total. The highest BCUT2D eigenvalue weighted by molar-refractivity contribution is 7.90. The summed E-state index contributed by atoms with van der Waals surface area (Å²) in [6.07, 6.45) is 8.70. The van der Waals surface area contributed by atoms with Crippen LogP contribution in [-0.4, -0.2) is 45.4 Å². The first-order valence-corrected chi connectivity index (χ1v) is 10.2. The van der Waals surface area contributed by atoms with E-state index >= 15 is 0 Å². The fourth-order valence-electron chi connectivity index (χ4n) is 2.46. The van der Waals surface area contributed by atoms with Crippen molar-refractivity contribution in [3.05, 3.63) is 72.9 Å². The first-order chi connectivity index (χ1) is 13.8. The molecule has 0 unspecified atom stereocenters. The molecule has 1 aromatic carbocycles. The zero-order valence-electron chi connectivity index (χ0n) is 15.3. The third-order valence-corrected chi connectivity index (χ3v) is 5.05. The molecule has 9 nitrogen and oxygen atoms in total. The SMILES string of the molecule is CS(=O)(=O)c1ccc2c(ccn2N)c1.O=C(O)c1cnc(-c2cccnc2)nc1. The quantitative estimate of drug-likeness (QED) is 0.488. The van der Waals surface area contributed by atoms with Crippen LogP contribution in [0.5, 0.6) is 0 Å². The smallest absolute Gasteiger partial charge is 0.338 e. The number of hydrogen-bond donors (Lipinski definition) is 2. The molecule has 0 saturated carbocycles. The van der Waals surface area contributed by atoms with Gasteiger partial charge in [0, 0.05) is 48.2 Å². The van der Waals surface area contributed by atoms with Gasteiger partial charge in [-0.05, 0) is 36.4 Å². The van der Waals surface area contributed by atoms with Crippen LogP contribution in [0.1, 0.15) is 10.4 Å². The molecule has 4 aromatic rings. The van der Waals surface area contributed by atoms with Crippen LogP contribution in [0.25, 0.3) is 22.3 Å². The number of aromatic nitrogens is 4. The zero-order chi connectivity index (χ0) is 21.0. The van der Waals surface area contributed by atoms with Gasteiger partial charge in [0.05, 0.1) is 16.0 Å². The number of rotatable bonds is 3. The number of benzene rings is 1. The maximum Gasteiger partial charge on any atom is 0.338 e. The molecule has 148 valence electrons. The molecule has 29 heavy (non-hydrogen) atoms. The Morgan fingerprint density at radius 2 is 1.83 bits per heavy atom. The molecule has 0 aliphatic heterocycles. The number of pyridine rings is 1. The molecule has 0 aliphatic rings. The summed E-state index contributed by atoms with van der Waals surface area (Å²) in [5.41, 5.74) is 1.65. The largest absolute Gasteiger partial charge is 0.478 e. The van der Waals surface area contributed by atoms with Crippen molar-refractivity contribution in [1.29, 1.82) is 0 Å². The number of nitrogen functional groups attached to an aromatic ring is 1. The van der Waals surface area contributed by atoms with Gasteiger partial charge in [0.2, 0.25) is 0 Å². The molecule has 3 heterocycles. The van der Waals surface area contributed by atoms with Crippen molar-refractivity contribution in [2.45, 2.75) is 4.90 Å². The third-order valence-electron chi connectivity index (χ3n) is 3.94. The van der Waals surface area contributed by atoms with Gasteiger partial charge >= 0.3 is 5.97 Å². The Morgan fingerprint density at radius 3 is 2.41 bits per heavy atom. The highest BCUT2D eigenvalue weighted by Crippen LogP contribution is 2.18. The first-order valence-electron chi connectivity index (χ1n) is 8.27. The predicted molar refractivity (Wildman–Crippen MR) is 107 cm³/mol. The van der Waals surface area contributed by atoms with Crippen molar-refractivity contribution in [2.75, 3.05) is 12.1 Å². The van der Waals surface area contributed by atoms with Crippen molar-refractivity contribution < 1.29 is 18.3 Å². The van der Waals surface area contributed by atoms with E-state index in [4.69, 9.17) is 10.9 Å². The summed E-state index contributed by atoms with van der Waals surface area (Å²) in [7, 11) is -3.14. The van der Waals surface area contributed by atoms with Gasteiger partial charge in [-0.3, -0.25) is 9.66 Å². The van der Waals surface area contributed by atoms with E-state index in [0.717, 1.165) is 16.5 Å². The Kier molecular flexibility index (Phi) is 5.55. The van der Waals surface area contributed by atoms with Crippen LogP contribution >= 0.6 is 0 Å². The van der Waals surface area contributed by atoms with Gasteiger partial charge in [-0.15, -0.1) is 0 Å². The highest BCUT2D eigenvalue weighted by atomic mass is 32.2. The Bertz CT molecular complexity index is 1250. The minimum absolute atomic E-state index is 0.0719. The van der Waals surface area contributed by atoms with Crippen molar-refractivity contribution in [1.82, 2.24) is 19.6 Å². The Balaban J connectivity index is 0.000000166. The van der Waals surface area contributed by atoms with Gasteiger partial charge < -0.3 is 10.9 Å². The zero-order valence-corrected chi connectivity index (χ0v) is 16.1. The maximum absolute atomic E-state index is 11.2. The lowest BCUT2D eigenvalue weighted by molar-refractivity contribution is 0.0696. The summed E-state index contributed by atoms with van der Waals surface area (Å²) in [6.45, 7) is 0. The summed E-state index contributed by atoms with van der Waals surface area (Å²) >= 11 is 0. The average Bonchev–Trinajstić information content (AvgIpc) is 3.09. The summed E-state index contributed by atoms with van der Waals surface area (Å²) in [6, 6.07) is 10.2. The molecule has 0 radical (unpaired) electrons. The second kappa shape index (κ2) is 8.07. The number of carbonyl (C=O) groups is 1. The van der Waals surface area contributed by atoms with Crippen LogP contribution in [0, 0.1) is 0 Å². The van der Waals surface area contributed by atoms with E-state index in [1.54, 1.807) is 48.9 Å². The minimum atomic E-state index is -3.14. The van der Waals surface area contributed by atoms with Crippen molar-refractivity contribution >= 4 is 26.7 Å². The second-order valence-electron chi connectivity index (χ2n) is 6.06. The number of nitrogens with two attached hydrogens (primary N) is 1. The Morgan fingerprint density at radius 1 is 1.10 bits per heavy atom. The summed E-state index contributed by atoms with van der Waals surface area (Å²) in [4.78, 5) is 22.7. The van der Waals surface area contributed by atoms with Crippen LogP contribution in [-0.2, 0) is 9.84 Å². The Hall–Kier alpha value is -3.79. The first kappa shape index (κ1) is 20.0. The Labute approximate surface area is 166 Å². The molecule has 4 rings (SSSR count). The molecule has 0 bridgehead atoms. The molecule has 0 spiro atoms. The fraction of sp³-hybridized carbons (Fsp3) is 0.0526. The lowest BCUT2D eigenvalue weighted by Gasteiger charge is -1.99. The molecule has 0 atom stereocenters. The minimum Gasteiger partial charge on any atom is -0.478 e. The van der Waals surface area contributed by atoms with Gasteiger partial charge in [-0.1, -0.05) is 0 Å². The van der Waals surface area contributed by atoms with E-state index in [0.29, 0.717) is 10.7 Å². The fourth-order valence-corrected chi connectivity index (χ4v) is 3.11. The number of hydrogen-bond acceptors (Lipinski definition) is 7. The van der Waals surface area contributed by atoms with Crippen molar-refractivity contribution in [3.8, 4) is 11.4 Å². The van der Waals surface area contributed by atoms with Gasteiger partial charge in [0.25, 0.3) is 0 Å². The van der Waals surface area contributed by atoms with E-state index in [9.17, 15) is 13.2 Å². The average molecular weight is 411 g/mol. The summed E-state index contributed by atoms with van der Waals surface area (Å²) < 4.78 is 24.0. The van der Waals surface area contributed by atoms with E-state index < -0.39 is 15.8 Å². The third kappa shape index (κ3) is 4.74. The summed E-state index contributed by atoms with van der Waals surface area (Å²) in [5, 5.41) is 9.48. The van der Waals surface area contributed by atoms with Crippen LogP contribution in [0.3, 0.4) is 0 Å². The lowest BCUT2D eigenvalue weighted by Crippen LogP contribution is -2.05. The van der Waals surface area contributed by atoms with E-state index in [1.807, 2.05) is 6.07 Å². The monoisotopic (exact) mass is 411 g/mol. The molecular weight excluding hydrogens is 394 g/mol. The van der Waals surface area contributed by atoms with Crippen molar-refractivity contribution in [2.24, 2.45) is 0 Å². The van der Waals surface area contributed by atoms with Gasteiger partial charge in [0.15, 0.2) is 15.7 Å². The molecule has 0 saturated heterocycles. The van der Waals surface area contributed by atoms with Crippen LogP contribution < -0.4 is 5.84 Å². The molecule has 10 heteroatoms. The van der Waals surface area contributed by atoms with E-state index in [2.05, 4.69) is 15.0 Å². The number of aromatic carboxylic acids is 1. The van der Waals surface area contributed by atoms with E-state index in [1.165, 1.54) is 23.3 Å². The number of nitrogens with zero attached hydrogens (tertiary/aromatic N) is 4. The molecular formula is C19H17N5O4S. The highest BCUT2D eigenvalue weighted by Gasteiger charge is 2.08. The maximum atomic E-state index is 11.2. The number of sulfone groups is 1. The van der Waals surface area contributed by atoms with E-state index in [-0.39, 0.29) is 5.56 Å². The number of fused-ring (bicyclic) bond motifs is 1. The normalized spacial score (nSPS) is 10.9. The predicted octanol–water partition coefficient (Wildman–Crippen LogP) is 2.00. The van der Waals surface area contributed by atoms with Crippen LogP contribution in [0.2, 0.25) is 0 Å². The topological polar surface area (TPSA) is 141 Å². The molecule has 3 aromatic heterocycles. The van der Waals surface area contributed by atoms with Crippen LogP contribution in [0.15, 0.2) is 72.3 Å². The number of carboxylic acids is 1. The molecule has 0 amide bonds. The second-order valence-corrected chi connectivity index (χ2v) is 8.07. The molecule has 0 fully saturated rings. The van der Waals surface area contributed by atoms with Crippen molar-refractivity contribution in [3.63, 3.8) is 0 Å². The van der Waals surface area contributed by atoms with Gasteiger partial charge in [-0.25, -0.2) is 23.2 Å². The lowest BCUT2D eigenvalue weighted by atomic mass is 10.2. The van der Waals surface area contributed by atoms with Crippen LogP contribution in [0.4, 0.5) is 0 Å².